The minimum absolute atomic E-state index is 0.185. The van der Waals surface area contributed by atoms with E-state index < -0.39 is 0 Å². The van der Waals surface area contributed by atoms with Crippen molar-refractivity contribution in [1.82, 2.24) is 0 Å². The summed E-state index contributed by atoms with van der Waals surface area (Å²) in [6.45, 7) is 4.66. The predicted molar refractivity (Wildman–Crippen MR) is 54.1 cm³/mol. The van der Waals surface area contributed by atoms with Crippen molar-refractivity contribution in [3.63, 3.8) is 0 Å². The first-order valence-corrected chi connectivity index (χ1v) is 5.11. The van der Waals surface area contributed by atoms with Gasteiger partial charge in [-0.15, -0.1) is 0 Å². The molecule has 0 aromatic rings. The molecule has 0 saturated heterocycles. The Labute approximate surface area is 76.5 Å². The van der Waals surface area contributed by atoms with Crippen molar-refractivity contribution in [1.29, 1.82) is 0 Å². The van der Waals surface area contributed by atoms with Crippen molar-refractivity contribution in [2.75, 3.05) is 6.61 Å². The molecule has 0 radical (unpaired) electrons. The maximum Gasteiger partial charge on any atom is 0.0612 e. The smallest absolute Gasteiger partial charge is 0.0612 e. The molecule has 0 aliphatic carbocycles. The van der Waals surface area contributed by atoms with Gasteiger partial charge in [-0.2, -0.15) is 0 Å². The molecule has 0 rings (SSSR count). The molecule has 0 amide bonds. The van der Waals surface area contributed by atoms with E-state index in [0.29, 0.717) is 0 Å². The Bertz CT molecular complexity index is 108. The molecular weight excluding hydrogens is 148 g/mol. The highest BCUT2D eigenvalue weighted by atomic mass is 16.2. The third-order valence-electron chi connectivity index (χ3n) is 2.28. The fraction of sp³-hybridized carbons (Fsp3) is 0.818. The second kappa shape index (κ2) is 8.79. The van der Waals surface area contributed by atoms with E-state index in [2.05, 4.69) is 19.9 Å². The molecular formula is C11H22O. The molecule has 0 aliphatic heterocycles. The maximum atomic E-state index is 8.54. The van der Waals surface area contributed by atoms with Gasteiger partial charge < -0.3 is 5.11 Å². The van der Waals surface area contributed by atoms with Gasteiger partial charge in [0.1, 0.15) is 0 Å². The van der Waals surface area contributed by atoms with Gasteiger partial charge in [-0.05, 0) is 12.3 Å². The van der Waals surface area contributed by atoms with E-state index in [-0.39, 0.29) is 6.61 Å². The topological polar surface area (TPSA) is 20.2 Å². The molecule has 0 fully saturated rings. The molecule has 0 spiro atoms. The van der Waals surface area contributed by atoms with E-state index in [1.807, 2.05) is 6.08 Å². The van der Waals surface area contributed by atoms with Crippen LogP contribution in [-0.2, 0) is 0 Å². The van der Waals surface area contributed by atoms with E-state index in [9.17, 15) is 0 Å². The van der Waals surface area contributed by atoms with Crippen LogP contribution in [0.3, 0.4) is 0 Å². The normalized spacial score (nSPS) is 13.9. The molecule has 0 bridgehead atoms. The highest BCUT2D eigenvalue weighted by molar-refractivity contribution is 4.83. The van der Waals surface area contributed by atoms with E-state index in [1.54, 1.807) is 0 Å². The maximum absolute atomic E-state index is 8.54. The number of allylic oxidation sites excluding steroid dienone is 1. The monoisotopic (exact) mass is 170 g/mol. The summed E-state index contributed by atoms with van der Waals surface area (Å²) in [6, 6.07) is 0. The largest absolute Gasteiger partial charge is 0.392 e. The minimum atomic E-state index is 0.185. The molecule has 1 unspecified atom stereocenters. The third-order valence-corrected chi connectivity index (χ3v) is 2.28. The van der Waals surface area contributed by atoms with E-state index >= 15 is 0 Å². The van der Waals surface area contributed by atoms with Crippen LogP contribution in [0.4, 0.5) is 0 Å². The highest BCUT2D eigenvalue weighted by Crippen LogP contribution is 2.16. The van der Waals surface area contributed by atoms with Gasteiger partial charge in [0.15, 0.2) is 0 Å². The fourth-order valence-corrected chi connectivity index (χ4v) is 1.34. The van der Waals surface area contributed by atoms with Crippen molar-refractivity contribution in [2.24, 2.45) is 5.92 Å². The Hall–Kier alpha value is -0.300. The minimum Gasteiger partial charge on any atom is -0.392 e. The standard InChI is InChI=1S/C11H22O/c1-3-5-8-11(4-2)9-6-7-10-12/h6-7,11-12H,3-5,8-10H2,1-2H3/b7-6+. The molecule has 1 N–H and O–H groups in total. The predicted octanol–water partition coefficient (Wildman–Crippen LogP) is 3.14. The van der Waals surface area contributed by atoms with Crippen LogP contribution in [0.2, 0.25) is 0 Å². The second-order valence-electron chi connectivity index (χ2n) is 3.31. The summed E-state index contributed by atoms with van der Waals surface area (Å²) in [5.74, 6) is 0.827. The van der Waals surface area contributed by atoms with E-state index in [4.69, 9.17) is 5.11 Å². The van der Waals surface area contributed by atoms with Crippen LogP contribution in [0.15, 0.2) is 12.2 Å². The van der Waals surface area contributed by atoms with Crippen LogP contribution < -0.4 is 0 Å². The van der Waals surface area contributed by atoms with Gasteiger partial charge in [0.05, 0.1) is 6.61 Å². The average Bonchev–Trinajstić information content (AvgIpc) is 2.11. The van der Waals surface area contributed by atoms with E-state index in [1.165, 1.54) is 25.7 Å². The fourth-order valence-electron chi connectivity index (χ4n) is 1.34. The Morgan fingerprint density at radius 3 is 2.50 bits per heavy atom. The summed E-state index contributed by atoms with van der Waals surface area (Å²) in [6.07, 6.45) is 10.3. The van der Waals surface area contributed by atoms with Crippen molar-refractivity contribution in [3.8, 4) is 0 Å². The summed E-state index contributed by atoms with van der Waals surface area (Å²) in [5, 5.41) is 8.54. The Kier molecular flexibility index (Phi) is 8.57. The van der Waals surface area contributed by atoms with Gasteiger partial charge in [-0.1, -0.05) is 51.7 Å². The summed E-state index contributed by atoms with van der Waals surface area (Å²) in [7, 11) is 0. The zero-order chi connectivity index (χ0) is 9.23. The molecule has 0 saturated carbocycles. The summed E-state index contributed by atoms with van der Waals surface area (Å²) >= 11 is 0. The van der Waals surface area contributed by atoms with Gasteiger partial charge in [0.25, 0.3) is 0 Å². The Balaban J connectivity index is 3.45. The molecule has 0 aromatic carbocycles. The molecule has 1 atom stereocenters. The molecule has 12 heavy (non-hydrogen) atoms. The molecule has 1 heteroatoms. The quantitative estimate of drug-likeness (QED) is 0.582. The van der Waals surface area contributed by atoms with Crippen LogP contribution >= 0.6 is 0 Å². The van der Waals surface area contributed by atoms with Crippen molar-refractivity contribution >= 4 is 0 Å². The first-order chi connectivity index (χ1) is 5.85. The summed E-state index contributed by atoms with van der Waals surface area (Å²) in [4.78, 5) is 0. The molecule has 0 heterocycles. The van der Waals surface area contributed by atoms with Crippen LogP contribution in [0.1, 0.15) is 46.0 Å². The van der Waals surface area contributed by atoms with Gasteiger partial charge in [0.2, 0.25) is 0 Å². The number of hydrogen-bond donors (Lipinski definition) is 1. The number of aliphatic hydroxyl groups excluding tert-OH is 1. The first kappa shape index (κ1) is 11.7. The van der Waals surface area contributed by atoms with Gasteiger partial charge in [0, 0.05) is 0 Å². The van der Waals surface area contributed by atoms with Crippen molar-refractivity contribution in [2.45, 2.75) is 46.0 Å². The van der Waals surface area contributed by atoms with E-state index in [0.717, 1.165) is 12.3 Å². The van der Waals surface area contributed by atoms with Crippen LogP contribution in [0, 0.1) is 5.92 Å². The molecule has 0 aromatic heterocycles. The van der Waals surface area contributed by atoms with Crippen LogP contribution in [0.5, 0.6) is 0 Å². The lowest BCUT2D eigenvalue weighted by molar-refractivity contribution is 0.341. The summed E-state index contributed by atoms with van der Waals surface area (Å²) in [5.41, 5.74) is 0. The highest BCUT2D eigenvalue weighted by Gasteiger charge is 2.02. The van der Waals surface area contributed by atoms with Crippen molar-refractivity contribution in [3.05, 3.63) is 12.2 Å². The Morgan fingerprint density at radius 1 is 1.25 bits per heavy atom. The Morgan fingerprint density at radius 2 is 2.00 bits per heavy atom. The third kappa shape index (κ3) is 6.41. The van der Waals surface area contributed by atoms with Crippen LogP contribution in [-0.4, -0.2) is 11.7 Å². The lowest BCUT2D eigenvalue weighted by atomic mass is 9.96. The molecule has 72 valence electrons. The zero-order valence-electron chi connectivity index (χ0n) is 8.42. The van der Waals surface area contributed by atoms with Crippen molar-refractivity contribution < 1.29 is 5.11 Å². The van der Waals surface area contributed by atoms with Gasteiger partial charge in [-0.25, -0.2) is 0 Å². The average molecular weight is 170 g/mol. The number of unbranched alkanes of at least 4 members (excludes halogenated alkanes) is 1. The number of hydrogen-bond acceptors (Lipinski definition) is 1. The number of rotatable bonds is 7. The first-order valence-electron chi connectivity index (χ1n) is 5.11. The SMILES string of the molecule is CCCCC(CC)C/C=C/CO. The lowest BCUT2D eigenvalue weighted by Gasteiger charge is -2.10. The van der Waals surface area contributed by atoms with Crippen LogP contribution in [0.25, 0.3) is 0 Å². The number of aliphatic hydroxyl groups is 1. The zero-order valence-corrected chi connectivity index (χ0v) is 8.42. The lowest BCUT2D eigenvalue weighted by Crippen LogP contribution is -1.96. The van der Waals surface area contributed by atoms with Gasteiger partial charge in [-0.3, -0.25) is 0 Å². The van der Waals surface area contributed by atoms with Gasteiger partial charge >= 0.3 is 0 Å². The molecule has 1 nitrogen and oxygen atoms in total. The second-order valence-corrected chi connectivity index (χ2v) is 3.31. The summed E-state index contributed by atoms with van der Waals surface area (Å²) < 4.78 is 0. The molecule has 0 aliphatic rings.